The van der Waals surface area contributed by atoms with E-state index < -0.39 is 0 Å². The van der Waals surface area contributed by atoms with Crippen LogP contribution in [0.1, 0.15) is 21.0 Å². The summed E-state index contributed by atoms with van der Waals surface area (Å²) in [5.41, 5.74) is 0. The van der Waals surface area contributed by atoms with Crippen molar-refractivity contribution < 1.29 is 5.84 Å². The van der Waals surface area contributed by atoms with Crippen LogP contribution in [0.3, 0.4) is 0 Å². The SMILES string of the molecule is CC.CNCc1ccco1.[HH]. The summed E-state index contributed by atoms with van der Waals surface area (Å²) in [5, 5.41) is 2.98. The highest BCUT2D eigenvalue weighted by atomic mass is 16.3. The molecule has 0 unspecified atom stereocenters. The summed E-state index contributed by atoms with van der Waals surface area (Å²) >= 11 is 0. The standard InChI is InChI=1S/C6H9NO.C2H6.H2/c1-7-5-6-3-2-4-8-6;1-2;/h2-4,7H,5H2,1H3;1-2H3;1H. The molecule has 0 saturated carbocycles. The van der Waals surface area contributed by atoms with Gasteiger partial charge in [0.05, 0.1) is 12.8 Å². The van der Waals surface area contributed by atoms with Crippen LogP contribution in [0.4, 0.5) is 0 Å². The maximum absolute atomic E-state index is 5.01. The molecule has 0 fully saturated rings. The molecule has 1 heterocycles. The molecule has 0 radical (unpaired) electrons. The highest BCUT2D eigenvalue weighted by Gasteiger charge is 1.87. The van der Waals surface area contributed by atoms with Crippen LogP contribution in [0, 0.1) is 0 Å². The van der Waals surface area contributed by atoms with Crippen LogP contribution in [0.2, 0.25) is 0 Å². The minimum Gasteiger partial charge on any atom is -0.468 e. The Morgan fingerprint density at radius 2 is 2.30 bits per heavy atom. The lowest BCUT2D eigenvalue weighted by atomic mass is 10.4. The quantitative estimate of drug-likeness (QED) is 0.687. The summed E-state index contributed by atoms with van der Waals surface area (Å²) in [6.07, 6.45) is 1.67. The number of hydrogen-bond donors (Lipinski definition) is 1. The van der Waals surface area contributed by atoms with E-state index in [1.807, 2.05) is 33.0 Å². The summed E-state index contributed by atoms with van der Waals surface area (Å²) in [7, 11) is 1.89. The van der Waals surface area contributed by atoms with E-state index in [0.717, 1.165) is 12.3 Å². The van der Waals surface area contributed by atoms with Gasteiger partial charge in [0.15, 0.2) is 0 Å². The maximum atomic E-state index is 5.01. The van der Waals surface area contributed by atoms with E-state index in [1.54, 1.807) is 6.26 Å². The molecule has 0 saturated heterocycles. The van der Waals surface area contributed by atoms with Gasteiger partial charge in [-0.25, -0.2) is 0 Å². The highest BCUT2D eigenvalue weighted by molar-refractivity contribution is 4.96. The van der Waals surface area contributed by atoms with E-state index in [1.165, 1.54) is 0 Å². The lowest BCUT2D eigenvalue weighted by Gasteiger charge is -1.89. The van der Waals surface area contributed by atoms with Crippen molar-refractivity contribution in [1.29, 1.82) is 0 Å². The van der Waals surface area contributed by atoms with E-state index in [2.05, 4.69) is 5.32 Å². The largest absolute Gasteiger partial charge is 0.468 e. The minimum absolute atomic E-state index is 0. The number of furan rings is 1. The average molecular weight is 143 g/mol. The van der Waals surface area contributed by atoms with Crippen LogP contribution in [0.5, 0.6) is 0 Å². The Bertz CT molecular complexity index is 140. The molecule has 10 heavy (non-hydrogen) atoms. The number of rotatable bonds is 2. The van der Waals surface area contributed by atoms with Gasteiger partial charge in [0.2, 0.25) is 0 Å². The first-order valence-electron chi connectivity index (χ1n) is 3.60. The van der Waals surface area contributed by atoms with Crippen molar-refractivity contribution in [2.24, 2.45) is 0 Å². The van der Waals surface area contributed by atoms with E-state index in [9.17, 15) is 0 Å². The van der Waals surface area contributed by atoms with Crippen LogP contribution in [-0.4, -0.2) is 7.05 Å². The van der Waals surface area contributed by atoms with Crippen molar-refractivity contribution in [3.63, 3.8) is 0 Å². The second kappa shape index (κ2) is 6.36. The van der Waals surface area contributed by atoms with Gasteiger partial charge in [-0.3, -0.25) is 0 Å². The van der Waals surface area contributed by atoms with Gasteiger partial charge >= 0.3 is 0 Å². The molecule has 0 aliphatic rings. The zero-order valence-corrected chi connectivity index (χ0v) is 6.85. The van der Waals surface area contributed by atoms with Crippen molar-refractivity contribution in [3.8, 4) is 0 Å². The molecule has 1 N–H and O–H groups in total. The van der Waals surface area contributed by atoms with Crippen molar-refractivity contribution in [2.45, 2.75) is 20.4 Å². The fourth-order valence-corrected chi connectivity index (χ4v) is 0.587. The summed E-state index contributed by atoms with van der Waals surface area (Å²) in [5.74, 6) is 0.979. The van der Waals surface area contributed by atoms with Crippen molar-refractivity contribution in [3.05, 3.63) is 24.2 Å². The Morgan fingerprint density at radius 3 is 2.70 bits per heavy atom. The normalized spacial score (nSPS) is 8.30. The summed E-state index contributed by atoms with van der Waals surface area (Å²) < 4.78 is 5.01. The molecule has 0 aliphatic carbocycles. The Hall–Kier alpha value is -0.760. The molecule has 1 aromatic rings. The zero-order valence-electron chi connectivity index (χ0n) is 6.85. The van der Waals surface area contributed by atoms with Crippen molar-refractivity contribution in [1.82, 2.24) is 5.32 Å². The van der Waals surface area contributed by atoms with Crippen LogP contribution < -0.4 is 5.32 Å². The van der Waals surface area contributed by atoms with Gasteiger partial charge in [-0.15, -0.1) is 0 Å². The molecule has 0 spiro atoms. The van der Waals surface area contributed by atoms with Gasteiger partial charge < -0.3 is 9.73 Å². The first kappa shape index (κ1) is 9.24. The van der Waals surface area contributed by atoms with Crippen LogP contribution >= 0.6 is 0 Å². The molecule has 0 aromatic carbocycles. The van der Waals surface area contributed by atoms with Gasteiger partial charge in [-0.1, -0.05) is 13.8 Å². The molecule has 0 bridgehead atoms. The third kappa shape index (κ3) is 3.30. The van der Waals surface area contributed by atoms with E-state index in [-0.39, 0.29) is 1.43 Å². The maximum Gasteiger partial charge on any atom is 0.117 e. The topological polar surface area (TPSA) is 25.2 Å². The molecular weight excluding hydrogens is 126 g/mol. The van der Waals surface area contributed by atoms with Crippen LogP contribution in [-0.2, 0) is 6.54 Å². The minimum atomic E-state index is 0. The van der Waals surface area contributed by atoms with Crippen LogP contribution in [0.25, 0.3) is 0 Å². The molecule has 1 aromatic heterocycles. The fourth-order valence-electron chi connectivity index (χ4n) is 0.587. The molecule has 1 rings (SSSR count). The Balaban J connectivity index is 0. The second-order valence-corrected chi connectivity index (χ2v) is 1.61. The zero-order chi connectivity index (χ0) is 7.82. The predicted molar refractivity (Wildman–Crippen MR) is 44.9 cm³/mol. The monoisotopic (exact) mass is 143 g/mol. The molecule has 0 atom stereocenters. The lowest BCUT2D eigenvalue weighted by Crippen LogP contribution is -2.03. The van der Waals surface area contributed by atoms with Crippen molar-refractivity contribution >= 4 is 0 Å². The van der Waals surface area contributed by atoms with Gasteiger partial charge in [-0.2, -0.15) is 0 Å². The molecule has 0 aliphatic heterocycles. The average Bonchev–Trinajstić information content (AvgIpc) is 2.46. The van der Waals surface area contributed by atoms with E-state index in [4.69, 9.17) is 4.42 Å². The Labute approximate surface area is 63.7 Å². The summed E-state index contributed by atoms with van der Waals surface area (Å²) in [6.45, 7) is 4.81. The lowest BCUT2D eigenvalue weighted by molar-refractivity contribution is 0.495. The molecule has 2 heteroatoms. The van der Waals surface area contributed by atoms with Gasteiger partial charge in [-0.05, 0) is 19.2 Å². The Kier molecular flexibility index (Phi) is 5.88. The molecule has 60 valence electrons. The third-order valence-electron chi connectivity index (χ3n) is 0.931. The van der Waals surface area contributed by atoms with Gasteiger partial charge in [0.1, 0.15) is 5.76 Å². The van der Waals surface area contributed by atoms with Gasteiger partial charge in [0.25, 0.3) is 0 Å². The molecule has 0 amide bonds. The van der Waals surface area contributed by atoms with Crippen molar-refractivity contribution in [2.75, 3.05) is 7.05 Å². The first-order valence-corrected chi connectivity index (χ1v) is 3.60. The van der Waals surface area contributed by atoms with Crippen LogP contribution in [0.15, 0.2) is 22.8 Å². The third-order valence-corrected chi connectivity index (χ3v) is 0.931. The number of nitrogens with one attached hydrogen (secondary N) is 1. The summed E-state index contributed by atoms with van der Waals surface area (Å²) in [4.78, 5) is 0. The first-order chi connectivity index (χ1) is 4.93. The van der Waals surface area contributed by atoms with E-state index >= 15 is 0 Å². The summed E-state index contributed by atoms with van der Waals surface area (Å²) in [6, 6.07) is 3.82. The molecule has 2 nitrogen and oxygen atoms in total. The predicted octanol–water partition coefficient (Wildman–Crippen LogP) is 2.27. The van der Waals surface area contributed by atoms with Gasteiger partial charge in [0, 0.05) is 1.43 Å². The fraction of sp³-hybridized carbons (Fsp3) is 0.500. The van der Waals surface area contributed by atoms with E-state index in [0.29, 0.717) is 0 Å². The number of hydrogen-bond acceptors (Lipinski definition) is 2. The molecular formula is C8H17NO. The smallest absolute Gasteiger partial charge is 0.117 e. The second-order valence-electron chi connectivity index (χ2n) is 1.61. The highest BCUT2D eigenvalue weighted by Crippen LogP contribution is 1.96. The Morgan fingerprint density at radius 1 is 1.60 bits per heavy atom.